The molecule has 1 aliphatic rings. The maximum Gasteiger partial charge on any atom is 0.224 e. The van der Waals surface area contributed by atoms with E-state index in [9.17, 15) is 18.3 Å². The van der Waals surface area contributed by atoms with Crippen LogP contribution < -0.4 is 4.72 Å². The largest absolute Gasteiger partial charge is 0.388 e. The molecule has 0 radical (unpaired) electrons. The lowest BCUT2D eigenvalue weighted by Gasteiger charge is -2.26. The van der Waals surface area contributed by atoms with Gasteiger partial charge in [-0.2, -0.15) is 5.10 Å². The van der Waals surface area contributed by atoms with Gasteiger partial charge in [0, 0.05) is 38.8 Å². The molecule has 0 spiro atoms. The van der Waals surface area contributed by atoms with Gasteiger partial charge in [-0.3, -0.25) is 9.48 Å². The molecule has 1 aromatic heterocycles. The summed E-state index contributed by atoms with van der Waals surface area (Å²) >= 11 is 5.78. The molecular formula is C14H23ClN4O4S. The van der Waals surface area contributed by atoms with E-state index in [2.05, 4.69) is 9.82 Å². The smallest absolute Gasteiger partial charge is 0.224 e. The van der Waals surface area contributed by atoms with Crippen LogP contribution in [0.4, 0.5) is 0 Å². The van der Waals surface area contributed by atoms with Crippen LogP contribution in [-0.2, 0) is 21.4 Å². The number of likely N-dealkylation sites (tertiary alicyclic amines) is 1. The molecule has 0 unspecified atom stereocenters. The molecule has 2 N–H and O–H groups in total. The quantitative estimate of drug-likeness (QED) is 0.736. The number of hydrogen-bond donors (Lipinski definition) is 2. The maximum absolute atomic E-state index is 12.3. The molecule has 1 saturated heterocycles. The standard InChI is InChI=1S/C14H23ClN4O4S/c1-24(22,23)17-11-14(21)4-2-6-18(8-5-14)13(20)3-7-19-10-12(15)9-16-19/h9-10,17,21H,2-8,11H2,1H3/t14-/m1/s1. The summed E-state index contributed by atoms with van der Waals surface area (Å²) in [6, 6.07) is 0. The van der Waals surface area contributed by atoms with Crippen molar-refractivity contribution < 1.29 is 18.3 Å². The van der Waals surface area contributed by atoms with Crippen molar-refractivity contribution in [3.05, 3.63) is 17.4 Å². The summed E-state index contributed by atoms with van der Waals surface area (Å²) in [5, 5.41) is 15.1. The molecule has 10 heteroatoms. The van der Waals surface area contributed by atoms with E-state index in [1.54, 1.807) is 15.8 Å². The van der Waals surface area contributed by atoms with Gasteiger partial charge in [-0.1, -0.05) is 11.6 Å². The summed E-state index contributed by atoms with van der Waals surface area (Å²) in [6.07, 6.45) is 5.96. The van der Waals surface area contributed by atoms with Gasteiger partial charge in [0.2, 0.25) is 15.9 Å². The number of nitrogens with one attached hydrogen (secondary N) is 1. The van der Waals surface area contributed by atoms with E-state index in [1.807, 2.05) is 0 Å². The zero-order valence-corrected chi connectivity index (χ0v) is 15.2. The average Bonchev–Trinajstić information content (AvgIpc) is 2.80. The number of aliphatic hydroxyl groups is 1. The predicted octanol–water partition coefficient (Wildman–Crippen LogP) is 0.219. The first-order chi connectivity index (χ1) is 11.2. The van der Waals surface area contributed by atoms with Crippen LogP contribution in [0.2, 0.25) is 5.02 Å². The fraction of sp³-hybridized carbons (Fsp3) is 0.714. The van der Waals surface area contributed by atoms with E-state index < -0.39 is 15.6 Å². The van der Waals surface area contributed by atoms with E-state index in [1.165, 1.54) is 6.20 Å². The number of rotatable bonds is 6. The first-order valence-electron chi connectivity index (χ1n) is 7.80. The fourth-order valence-corrected chi connectivity index (χ4v) is 3.39. The summed E-state index contributed by atoms with van der Waals surface area (Å²) in [5.74, 6) is -0.0121. The third kappa shape index (κ3) is 6.04. The minimum atomic E-state index is -3.35. The Morgan fingerprint density at radius 3 is 2.83 bits per heavy atom. The summed E-state index contributed by atoms with van der Waals surface area (Å²) in [7, 11) is -3.35. The highest BCUT2D eigenvalue weighted by molar-refractivity contribution is 7.88. The first kappa shape index (κ1) is 19.2. The third-order valence-corrected chi connectivity index (χ3v) is 4.95. The SMILES string of the molecule is CS(=O)(=O)NC[C@@]1(O)CCCN(C(=O)CCn2cc(Cl)cn2)CC1. The second-order valence-electron chi connectivity index (χ2n) is 6.22. The van der Waals surface area contributed by atoms with Gasteiger partial charge < -0.3 is 10.0 Å². The van der Waals surface area contributed by atoms with Crippen molar-refractivity contribution >= 4 is 27.5 Å². The van der Waals surface area contributed by atoms with Crippen molar-refractivity contribution in [2.24, 2.45) is 0 Å². The highest BCUT2D eigenvalue weighted by Crippen LogP contribution is 2.22. The number of carbonyl (C=O) groups excluding carboxylic acids is 1. The number of amides is 1. The Kier molecular flexibility index (Phi) is 6.24. The zero-order valence-electron chi connectivity index (χ0n) is 13.6. The molecular weight excluding hydrogens is 356 g/mol. The van der Waals surface area contributed by atoms with Gasteiger partial charge in [-0.05, 0) is 19.3 Å². The molecule has 0 aromatic carbocycles. The van der Waals surface area contributed by atoms with Gasteiger partial charge in [0.15, 0.2) is 0 Å². The van der Waals surface area contributed by atoms with Crippen LogP contribution in [0.3, 0.4) is 0 Å². The van der Waals surface area contributed by atoms with Crippen LogP contribution in [0, 0.1) is 0 Å². The Hall–Kier alpha value is -1.16. The van der Waals surface area contributed by atoms with Crippen molar-refractivity contribution in [3.63, 3.8) is 0 Å². The van der Waals surface area contributed by atoms with Gasteiger partial charge in [0.05, 0.1) is 23.1 Å². The van der Waals surface area contributed by atoms with E-state index >= 15 is 0 Å². The summed E-state index contributed by atoms with van der Waals surface area (Å²) in [4.78, 5) is 14.0. The molecule has 1 aromatic rings. The molecule has 136 valence electrons. The van der Waals surface area contributed by atoms with Gasteiger partial charge in [0.1, 0.15) is 0 Å². The average molecular weight is 379 g/mol. The summed E-state index contributed by atoms with van der Waals surface area (Å²) in [5.41, 5.74) is -1.12. The lowest BCUT2D eigenvalue weighted by Crippen LogP contribution is -2.43. The number of carbonyl (C=O) groups is 1. The van der Waals surface area contributed by atoms with Crippen LogP contribution in [0.1, 0.15) is 25.7 Å². The molecule has 24 heavy (non-hydrogen) atoms. The molecule has 2 heterocycles. The van der Waals surface area contributed by atoms with Crippen LogP contribution in [-0.4, -0.2) is 65.6 Å². The van der Waals surface area contributed by atoms with Crippen molar-refractivity contribution in [3.8, 4) is 0 Å². The fourth-order valence-electron chi connectivity index (χ4n) is 2.70. The van der Waals surface area contributed by atoms with Crippen molar-refractivity contribution in [1.29, 1.82) is 0 Å². The highest BCUT2D eigenvalue weighted by Gasteiger charge is 2.32. The lowest BCUT2D eigenvalue weighted by atomic mass is 9.95. The highest BCUT2D eigenvalue weighted by atomic mass is 35.5. The summed E-state index contributed by atoms with van der Waals surface area (Å²) < 4.78 is 26.3. The minimum absolute atomic E-state index is 0.0121. The number of halogens is 1. The number of aromatic nitrogens is 2. The monoisotopic (exact) mass is 378 g/mol. The normalized spacial score (nSPS) is 22.4. The van der Waals surface area contributed by atoms with Crippen LogP contribution in [0.15, 0.2) is 12.4 Å². The Morgan fingerprint density at radius 2 is 2.21 bits per heavy atom. The predicted molar refractivity (Wildman–Crippen MR) is 90.1 cm³/mol. The van der Waals surface area contributed by atoms with Gasteiger partial charge in [-0.15, -0.1) is 0 Å². The second kappa shape index (κ2) is 7.81. The molecule has 0 bridgehead atoms. The zero-order chi connectivity index (χ0) is 17.8. The number of nitrogens with zero attached hydrogens (tertiary/aromatic N) is 3. The molecule has 0 saturated carbocycles. The van der Waals surface area contributed by atoms with Crippen LogP contribution >= 0.6 is 11.6 Å². The molecule has 1 amide bonds. The third-order valence-electron chi connectivity index (χ3n) is 4.09. The molecule has 1 fully saturated rings. The van der Waals surface area contributed by atoms with Crippen molar-refractivity contribution in [2.75, 3.05) is 25.9 Å². The molecule has 1 aliphatic heterocycles. The van der Waals surface area contributed by atoms with Crippen LogP contribution in [0.5, 0.6) is 0 Å². The van der Waals surface area contributed by atoms with E-state index in [4.69, 9.17) is 11.6 Å². The van der Waals surface area contributed by atoms with Crippen molar-refractivity contribution in [2.45, 2.75) is 37.8 Å². The Balaban J connectivity index is 1.84. The topological polar surface area (TPSA) is 105 Å². The Labute approximate surface area is 146 Å². The van der Waals surface area contributed by atoms with E-state index in [0.717, 1.165) is 6.26 Å². The van der Waals surface area contributed by atoms with Crippen LogP contribution in [0.25, 0.3) is 0 Å². The number of aryl methyl sites for hydroxylation is 1. The second-order valence-corrected chi connectivity index (χ2v) is 8.49. The summed E-state index contributed by atoms with van der Waals surface area (Å²) in [6.45, 7) is 1.38. The minimum Gasteiger partial charge on any atom is -0.388 e. The van der Waals surface area contributed by atoms with Gasteiger partial charge >= 0.3 is 0 Å². The number of sulfonamides is 1. The Morgan fingerprint density at radius 1 is 1.46 bits per heavy atom. The lowest BCUT2D eigenvalue weighted by molar-refractivity contribution is -0.131. The molecule has 2 rings (SSSR count). The molecule has 8 nitrogen and oxygen atoms in total. The maximum atomic E-state index is 12.3. The number of hydrogen-bond acceptors (Lipinski definition) is 5. The van der Waals surface area contributed by atoms with E-state index in [0.29, 0.717) is 50.3 Å². The Bertz CT molecular complexity index is 678. The molecule has 1 atom stereocenters. The first-order valence-corrected chi connectivity index (χ1v) is 10.1. The van der Waals surface area contributed by atoms with Gasteiger partial charge in [-0.25, -0.2) is 13.1 Å². The van der Waals surface area contributed by atoms with E-state index in [-0.39, 0.29) is 12.5 Å². The van der Waals surface area contributed by atoms with Gasteiger partial charge in [0.25, 0.3) is 0 Å². The molecule has 0 aliphatic carbocycles. The van der Waals surface area contributed by atoms with Crippen molar-refractivity contribution in [1.82, 2.24) is 19.4 Å².